The van der Waals surface area contributed by atoms with Gasteiger partial charge in [-0.1, -0.05) is 56.5 Å². The summed E-state index contributed by atoms with van der Waals surface area (Å²) in [5.74, 6) is 5.84. The van der Waals surface area contributed by atoms with Gasteiger partial charge in [-0.25, -0.2) is 8.51 Å². The van der Waals surface area contributed by atoms with Crippen LogP contribution in [0.4, 0.5) is 0 Å². The van der Waals surface area contributed by atoms with Crippen molar-refractivity contribution in [1.29, 1.82) is 0 Å². The van der Waals surface area contributed by atoms with Crippen LogP contribution in [-0.4, -0.2) is 30.6 Å². The van der Waals surface area contributed by atoms with Crippen molar-refractivity contribution in [3.8, 4) is 0 Å². The lowest BCUT2D eigenvalue weighted by Gasteiger charge is -2.67. The molecular weight excluding hydrogens is 561 g/mol. The van der Waals surface area contributed by atoms with Gasteiger partial charge in [-0.05, 0) is 173 Å². The molecule has 0 amide bonds. The Hall–Kier alpha value is -1.02. The zero-order chi connectivity index (χ0) is 29.7. The molecule has 2 atom stereocenters. The van der Waals surface area contributed by atoms with Gasteiger partial charge in [-0.3, -0.25) is 0 Å². The highest BCUT2D eigenvalue weighted by Crippen LogP contribution is 2.78. The number of rotatable bonds is 7. The summed E-state index contributed by atoms with van der Waals surface area (Å²) < 4.78 is 16.2. The standard InChI is InChI=1S/C39H54NOPS/c1-26-10-6-7-11-33(26)36(40(5)43(41)37(2,3)4)34-12-8-9-13-35(34)42(38-20-27-14-28(21-38)16-29(15-27)22-38)39-23-30-17-31(24-39)19-32(18-30)25-39/h6-13,27-32,36H,14-25H2,1-5H3/t27?,28?,29?,30?,31?,32?,36-,38?,39?,42?,43-/m1/s1. The Morgan fingerprint density at radius 3 is 1.51 bits per heavy atom. The second-order valence-electron chi connectivity index (χ2n) is 17.3. The second kappa shape index (κ2) is 10.5. The molecular formula is C39H54NOPS. The SMILES string of the molecule is Cc1ccccc1[C@H](c1ccccc1P(C12CC3CC(CC(C3)C1)C2)C12CC3CC(CC(C3)C1)C2)N(C)[S@](=O)C(C)(C)C. The minimum absolute atomic E-state index is 0.00489. The smallest absolute Gasteiger partial charge is 0.100 e. The Balaban J connectivity index is 1.33. The summed E-state index contributed by atoms with van der Waals surface area (Å²) >= 11 is 0. The summed E-state index contributed by atoms with van der Waals surface area (Å²) in [5, 5.41) is 2.75. The average Bonchev–Trinajstić information content (AvgIpc) is 2.92. The third-order valence-electron chi connectivity index (χ3n) is 13.1. The molecule has 8 aliphatic rings. The average molecular weight is 616 g/mol. The molecule has 0 spiro atoms. The molecule has 8 saturated carbocycles. The highest BCUT2D eigenvalue weighted by Gasteiger charge is 2.63. The van der Waals surface area contributed by atoms with Crippen LogP contribution in [0.25, 0.3) is 0 Å². The van der Waals surface area contributed by atoms with Crippen molar-refractivity contribution in [1.82, 2.24) is 4.31 Å². The molecule has 0 saturated heterocycles. The Bertz CT molecular complexity index is 1290. The summed E-state index contributed by atoms with van der Waals surface area (Å²) in [6.45, 7) is 8.67. The maximum Gasteiger partial charge on any atom is 0.100 e. The summed E-state index contributed by atoms with van der Waals surface area (Å²) in [4.78, 5) is 0. The first-order valence-electron chi connectivity index (χ1n) is 17.6. The van der Waals surface area contributed by atoms with Gasteiger partial charge in [-0.2, -0.15) is 0 Å². The van der Waals surface area contributed by atoms with Crippen molar-refractivity contribution in [2.24, 2.45) is 35.5 Å². The summed E-state index contributed by atoms with van der Waals surface area (Å²) in [6.07, 6.45) is 18.1. The fourth-order valence-corrected chi connectivity index (χ4v) is 19.2. The third kappa shape index (κ3) is 4.88. The molecule has 0 heterocycles. The van der Waals surface area contributed by atoms with Gasteiger partial charge in [0, 0.05) is 7.05 Å². The first kappa shape index (κ1) is 29.4. The van der Waals surface area contributed by atoms with Gasteiger partial charge in [0.2, 0.25) is 0 Å². The quantitative estimate of drug-likeness (QED) is 0.284. The van der Waals surface area contributed by atoms with Crippen molar-refractivity contribution in [3.05, 3.63) is 65.2 Å². The number of aryl methyl sites for hydroxylation is 1. The summed E-state index contributed by atoms with van der Waals surface area (Å²) in [5.41, 5.74) is 4.13. The first-order valence-corrected chi connectivity index (χ1v) is 20.1. The van der Waals surface area contributed by atoms with E-state index >= 15 is 0 Å². The van der Waals surface area contributed by atoms with Gasteiger partial charge in [0.1, 0.15) is 11.0 Å². The van der Waals surface area contributed by atoms with Crippen LogP contribution >= 0.6 is 7.92 Å². The number of benzene rings is 2. The van der Waals surface area contributed by atoms with E-state index in [-0.39, 0.29) is 18.7 Å². The van der Waals surface area contributed by atoms with Crippen LogP contribution in [0.2, 0.25) is 0 Å². The number of hydrogen-bond donors (Lipinski definition) is 0. The first-order chi connectivity index (χ1) is 20.5. The van der Waals surface area contributed by atoms with Gasteiger partial charge in [0.05, 0.1) is 10.8 Å². The molecule has 4 heteroatoms. The van der Waals surface area contributed by atoms with E-state index in [1.54, 1.807) is 5.30 Å². The monoisotopic (exact) mass is 615 g/mol. The molecule has 0 unspecified atom stereocenters. The maximum absolute atomic E-state index is 14.2. The van der Waals surface area contributed by atoms with Crippen LogP contribution in [0.15, 0.2) is 48.5 Å². The molecule has 8 bridgehead atoms. The minimum Gasteiger partial charge on any atom is -0.242 e. The van der Waals surface area contributed by atoms with Gasteiger partial charge >= 0.3 is 0 Å². The van der Waals surface area contributed by atoms with E-state index in [1.807, 2.05) is 0 Å². The van der Waals surface area contributed by atoms with E-state index in [9.17, 15) is 4.21 Å². The van der Waals surface area contributed by atoms with E-state index in [1.165, 1.54) is 93.7 Å². The molecule has 8 fully saturated rings. The predicted molar refractivity (Wildman–Crippen MR) is 183 cm³/mol. The van der Waals surface area contributed by atoms with E-state index < -0.39 is 11.0 Å². The topological polar surface area (TPSA) is 20.3 Å². The van der Waals surface area contributed by atoms with Gasteiger partial charge < -0.3 is 0 Å². The molecule has 2 aromatic rings. The van der Waals surface area contributed by atoms with Crippen LogP contribution in [-0.2, 0) is 11.0 Å². The van der Waals surface area contributed by atoms with Crippen molar-refractivity contribution in [3.63, 3.8) is 0 Å². The molecule has 0 aromatic heterocycles. The highest BCUT2D eigenvalue weighted by molar-refractivity contribution is 7.84. The molecule has 2 aromatic carbocycles. The highest BCUT2D eigenvalue weighted by atomic mass is 32.2. The Labute approximate surface area is 265 Å². The second-order valence-corrected chi connectivity index (χ2v) is 22.7. The molecule has 10 rings (SSSR count). The zero-order valence-corrected chi connectivity index (χ0v) is 29.1. The van der Waals surface area contributed by atoms with E-state index in [0.29, 0.717) is 10.3 Å². The van der Waals surface area contributed by atoms with E-state index in [2.05, 4.69) is 87.6 Å². The van der Waals surface area contributed by atoms with Gasteiger partial charge in [0.15, 0.2) is 0 Å². The molecule has 43 heavy (non-hydrogen) atoms. The number of nitrogens with zero attached hydrogens (tertiary/aromatic N) is 1. The van der Waals surface area contributed by atoms with Gasteiger partial charge in [-0.15, -0.1) is 0 Å². The van der Waals surface area contributed by atoms with Crippen molar-refractivity contribution in [2.45, 2.75) is 126 Å². The lowest BCUT2D eigenvalue weighted by Crippen LogP contribution is -2.58. The summed E-state index contributed by atoms with van der Waals surface area (Å²) in [7, 11) is 0.668. The lowest BCUT2D eigenvalue weighted by atomic mass is 9.55. The Morgan fingerprint density at radius 1 is 0.698 bits per heavy atom. The van der Waals surface area contributed by atoms with E-state index in [0.717, 1.165) is 35.5 Å². The fraction of sp³-hybridized carbons (Fsp3) is 0.692. The molecule has 0 radical (unpaired) electrons. The number of hydrogen-bond acceptors (Lipinski definition) is 1. The Morgan fingerprint density at radius 2 is 1.09 bits per heavy atom. The molecule has 232 valence electrons. The lowest BCUT2D eigenvalue weighted by molar-refractivity contribution is 0.0195. The largest absolute Gasteiger partial charge is 0.242 e. The molecule has 8 aliphatic carbocycles. The molecule has 2 nitrogen and oxygen atoms in total. The van der Waals surface area contributed by atoms with Crippen molar-refractivity contribution >= 4 is 24.2 Å². The molecule has 0 N–H and O–H groups in total. The van der Waals surface area contributed by atoms with Crippen LogP contribution in [0, 0.1) is 42.4 Å². The zero-order valence-electron chi connectivity index (χ0n) is 27.4. The third-order valence-corrected chi connectivity index (χ3v) is 18.7. The predicted octanol–water partition coefficient (Wildman–Crippen LogP) is 9.52. The normalized spacial score (nSPS) is 39.8. The fourth-order valence-electron chi connectivity index (χ4n) is 12.6. The van der Waals surface area contributed by atoms with Crippen LogP contribution in [0.1, 0.15) is 121 Å². The van der Waals surface area contributed by atoms with Crippen LogP contribution in [0.3, 0.4) is 0 Å². The van der Waals surface area contributed by atoms with Gasteiger partial charge in [0.25, 0.3) is 0 Å². The minimum atomic E-state index is -1.12. The summed E-state index contributed by atoms with van der Waals surface area (Å²) in [6, 6.07) is 18.7. The molecule has 0 aliphatic heterocycles. The van der Waals surface area contributed by atoms with Crippen LogP contribution in [0.5, 0.6) is 0 Å². The van der Waals surface area contributed by atoms with Crippen molar-refractivity contribution in [2.75, 3.05) is 7.05 Å². The van der Waals surface area contributed by atoms with Crippen LogP contribution < -0.4 is 5.30 Å². The maximum atomic E-state index is 14.2. The van der Waals surface area contributed by atoms with E-state index in [4.69, 9.17) is 0 Å². The Kier molecular flexibility index (Phi) is 7.18. The van der Waals surface area contributed by atoms with Crippen molar-refractivity contribution < 1.29 is 4.21 Å².